The zero-order chi connectivity index (χ0) is 18.0. The van der Waals surface area contributed by atoms with Crippen molar-refractivity contribution in [3.05, 3.63) is 46.2 Å². The van der Waals surface area contributed by atoms with E-state index in [9.17, 15) is 8.78 Å². The van der Waals surface area contributed by atoms with Crippen molar-refractivity contribution in [3.63, 3.8) is 0 Å². The van der Waals surface area contributed by atoms with Crippen LogP contribution >= 0.6 is 15.9 Å². The fourth-order valence-corrected chi connectivity index (χ4v) is 3.16. The van der Waals surface area contributed by atoms with Crippen molar-refractivity contribution in [3.8, 4) is 5.75 Å². The molecule has 25 heavy (non-hydrogen) atoms. The monoisotopic (exact) mass is 411 g/mol. The Morgan fingerprint density at radius 1 is 1.20 bits per heavy atom. The molecule has 2 aromatic rings. The maximum absolute atomic E-state index is 13.6. The minimum Gasteiger partial charge on any atom is -0.493 e. The highest BCUT2D eigenvalue weighted by molar-refractivity contribution is 9.10. The molecule has 0 radical (unpaired) electrons. The lowest BCUT2D eigenvalue weighted by atomic mass is 9.99. The van der Waals surface area contributed by atoms with Gasteiger partial charge in [0.05, 0.1) is 11.1 Å². The summed E-state index contributed by atoms with van der Waals surface area (Å²) >= 11 is 2.86. The number of rotatable bonds is 5. The molecule has 0 saturated carbocycles. The largest absolute Gasteiger partial charge is 0.493 e. The molecule has 0 spiro atoms. The van der Waals surface area contributed by atoms with Gasteiger partial charge in [0.15, 0.2) is 0 Å². The van der Waals surface area contributed by atoms with E-state index >= 15 is 0 Å². The standard InChI is InChI=1S/C18H20BrF2N3O/c1-3-12-6-22-18(23-7-12)24-8-11(2)13(9-24)10-25-14-4-15(20)17(19)16(21)5-14/h4-7,11,13H,3,8-10H2,1-2H3/t11-,13-/m0/s1. The van der Waals surface area contributed by atoms with E-state index in [2.05, 4.69) is 44.6 Å². The minimum absolute atomic E-state index is 0.173. The molecule has 1 saturated heterocycles. The number of halogens is 3. The van der Waals surface area contributed by atoms with Crippen molar-refractivity contribution in [2.24, 2.45) is 11.8 Å². The lowest BCUT2D eigenvalue weighted by Crippen LogP contribution is -2.23. The summed E-state index contributed by atoms with van der Waals surface area (Å²) in [4.78, 5) is 11.0. The summed E-state index contributed by atoms with van der Waals surface area (Å²) in [6, 6.07) is 2.38. The van der Waals surface area contributed by atoms with E-state index < -0.39 is 11.6 Å². The maximum Gasteiger partial charge on any atom is 0.225 e. The maximum atomic E-state index is 13.6. The predicted molar refractivity (Wildman–Crippen MR) is 95.8 cm³/mol. The molecule has 0 aliphatic carbocycles. The number of hydrogen-bond donors (Lipinski definition) is 0. The summed E-state index contributed by atoms with van der Waals surface area (Å²) in [5, 5.41) is 0. The fraction of sp³-hybridized carbons (Fsp3) is 0.444. The van der Waals surface area contributed by atoms with Crippen LogP contribution in [0.3, 0.4) is 0 Å². The predicted octanol–water partition coefficient (Wildman–Crippen LogP) is 4.23. The Balaban J connectivity index is 1.62. The molecule has 7 heteroatoms. The molecule has 0 amide bonds. The quantitative estimate of drug-likeness (QED) is 0.689. The van der Waals surface area contributed by atoms with E-state index in [0.717, 1.165) is 25.1 Å². The number of anilines is 1. The van der Waals surface area contributed by atoms with Crippen molar-refractivity contribution >= 4 is 21.9 Å². The first-order valence-corrected chi connectivity index (χ1v) is 9.10. The van der Waals surface area contributed by atoms with Crippen LogP contribution in [0.1, 0.15) is 19.4 Å². The smallest absolute Gasteiger partial charge is 0.225 e. The van der Waals surface area contributed by atoms with Gasteiger partial charge >= 0.3 is 0 Å². The number of ether oxygens (including phenoxy) is 1. The van der Waals surface area contributed by atoms with Gasteiger partial charge in [-0.05, 0) is 33.8 Å². The molecule has 2 heterocycles. The van der Waals surface area contributed by atoms with Crippen molar-refractivity contribution in [2.75, 3.05) is 24.6 Å². The summed E-state index contributed by atoms with van der Waals surface area (Å²) in [5.74, 6) is 0.199. The van der Waals surface area contributed by atoms with Crippen LogP contribution < -0.4 is 9.64 Å². The lowest BCUT2D eigenvalue weighted by Gasteiger charge is -2.17. The van der Waals surface area contributed by atoms with Crippen LogP contribution in [-0.4, -0.2) is 29.7 Å². The van der Waals surface area contributed by atoms with Gasteiger partial charge in [-0.2, -0.15) is 0 Å². The zero-order valence-electron chi connectivity index (χ0n) is 14.2. The molecule has 0 N–H and O–H groups in total. The second kappa shape index (κ2) is 7.64. The van der Waals surface area contributed by atoms with Gasteiger partial charge in [-0.15, -0.1) is 0 Å². The van der Waals surface area contributed by atoms with Crippen LogP contribution in [0, 0.1) is 23.5 Å². The molecule has 2 atom stereocenters. The van der Waals surface area contributed by atoms with Crippen LogP contribution in [-0.2, 0) is 6.42 Å². The molecule has 1 aliphatic rings. The Labute approximate surface area is 154 Å². The van der Waals surface area contributed by atoms with Gasteiger partial charge in [0.1, 0.15) is 17.4 Å². The number of nitrogens with zero attached hydrogens (tertiary/aromatic N) is 3. The topological polar surface area (TPSA) is 38.2 Å². The van der Waals surface area contributed by atoms with Crippen molar-refractivity contribution in [1.29, 1.82) is 0 Å². The van der Waals surface area contributed by atoms with E-state index in [1.807, 2.05) is 12.4 Å². The van der Waals surface area contributed by atoms with E-state index in [1.165, 1.54) is 12.1 Å². The van der Waals surface area contributed by atoms with Crippen LogP contribution in [0.15, 0.2) is 29.0 Å². The van der Waals surface area contributed by atoms with Crippen molar-refractivity contribution in [1.82, 2.24) is 9.97 Å². The van der Waals surface area contributed by atoms with Crippen LogP contribution in [0.5, 0.6) is 5.75 Å². The van der Waals surface area contributed by atoms with Gasteiger partial charge in [0.2, 0.25) is 5.95 Å². The molecule has 134 valence electrons. The summed E-state index contributed by atoms with van der Waals surface area (Å²) < 4.78 is 32.6. The van der Waals surface area contributed by atoms with E-state index in [0.29, 0.717) is 18.5 Å². The Bertz CT molecular complexity index is 719. The summed E-state index contributed by atoms with van der Waals surface area (Å²) in [6.07, 6.45) is 4.61. The van der Waals surface area contributed by atoms with Gasteiger partial charge in [-0.3, -0.25) is 0 Å². The first-order valence-electron chi connectivity index (χ1n) is 8.31. The molecule has 1 aliphatic heterocycles. The molecule has 0 bridgehead atoms. The second-order valence-corrected chi connectivity index (χ2v) is 7.19. The summed E-state index contributed by atoms with van der Waals surface area (Å²) in [6.45, 7) is 6.19. The molecule has 1 aromatic heterocycles. The van der Waals surface area contributed by atoms with Crippen LogP contribution in [0.2, 0.25) is 0 Å². The minimum atomic E-state index is -0.666. The third kappa shape index (κ3) is 4.08. The SMILES string of the molecule is CCc1cnc(N2C[C@@H](COc3cc(F)c(Br)c(F)c3)[C@@H](C)C2)nc1. The first-order chi connectivity index (χ1) is 12.0. The molecular formula is C18H20BrF2N3O. The molecule has 4 nitrogen and oxygen atoms in total. The third-order valence-corrected chi connectivity index (χ3v) is 5.33. The van der Waals surface area contributed by atoms with Crippen molar-refractivity contribution in [2.45, 2.75) is 20.3 Å². The normalized spacial score (nSPS) is 20.1. The van der Waals surface area contributed by atoms with Gasteiger partial charge in [0, 0.05) is 43.5 Å². The molecule has 0 unspecified atom stereocenters. The van der Waals surface area contributed by atoms with Crippen LogP contribution in [0.4, 0.5) is 14.7 Å². The Hall–Kier alpha value is -1.76. The summed E-state index contributed by atoms with van der Waals surface area (Å²) in [7, 11) is 0. The van der Waals surface area contributed by atoms with Crippen LogP contribution in [0.25, 0.3) is 0 Å². The average Bonchev–Trinajstić information content (AvgIpc) is 2.98. The zero-order valence-corrected chi connectivity index (χ0v) is 15.8. The molecule has 1 aromatic carbocycles. The van der Waals surface area contributed by atoms with E-state index in [-0.39, 0.29) is 16.1 Å². The Kier molecular flexibility index (Phi) is 5.51. The summed E-state index contributed by atoms with van der Waals surface area (Å²) in [5.41, 5.74) is 1.11. The third-order valence-electron chi connectivity index (χ3n) is 4.57. The first kappa shape index (κ1) is 18.0. The van der Waals surface area contributed by atoms with E-state index in [1.54, 1.807) is 0 Å². The molecule has 1 fully saturated rings. The highest BCUT2D eigenvalue weighted by atomic mass is 79.9. The van der Waals surface area contributed by atoms with Gasteiger partial charge in [-0.25, -0.2) is 18.7 Å². The molecule has 3 rings (SSSR count). The van der Waals surface area contributed by atoms with Gasteiger partial charge in [-0.1, -0.05) is 13.8 Å². The highest BCUT2D eigenvalue weighted by Gasteiger charge is 2.31. The van der Waals surface area contributed by atoms with E-state index in [4.69, 9.17) is 4.74 Å². The number of aryl methyl sites for hydroxylation is 1. The lowest BCUT2D eigenvalue weighted by molar-refractivity contribution is 0.231. The number of benzene rings is 1. The van der Waals surface area contributed by atoms with Gasteiger partial charge in [0.25, 0.3) is 0 Å². The Morgan fingerprint density at radius 2 is 1.84 bits per heavy atom. The number of aromatic nitrogens is 2. The number of hydrogen-bond acceptors (Lipinski definition) is 4. The highest BCUT2D eigenvalue weighted by Crippen LogP contribution is 2.29. The fourth-order valence-electron chi connectivity index (χ4n) is 2.93. The average molecular weight is 412 g/mol. The Morgan fingerprint density at radius 3 is 2.44 bits per heavy atom. The van der Waals surface area contributed by atoms with Crippen molar-refractivity contribution < 1.29 is 13.5 Å². The van der Waals surface area contributed by atoms with Gasteiger partial charge < -0.3 is 9.64 Å². The second-order valence-electron chi connectivity index (χ2n) is 6.40. The molecular weight excluding hydrogens is 392 g/mol.